The Labute approximate surface area is 206 Å². The summed E-state index contributed by atoms with van der Waals surface area (Å²) >= 11 is 9.35. The van der Waals surface area contributed by atoms with Crippen molar-refractivity contribution in [3.05, 3.63) is 112 Å². The second-order valence-corrected chi connectivity index (χ2v) is 9.41. The lowest BCUT2D eigenvalue weighted by atomic mass is 9.96. The molecule has 1 N–H and O–H groups in total. The molecule has 166 valence electrons. The first-order valence-corrected chi connectivity index (χ1v) is 11.8. The summed E-state index contributed by atoms with van der Waals surface area (Å²) in [7, 11) is 0. The lowest BCUT2D eigenvalue weighted by Gasteiger charge is -2.28. The number of hydrogen-bond acceptors (Lipinski definition) is 2. The fraction of sp³-hybridized carbons (Fsp3) is 0.154. The molecule has 33 heavy (non-hydrogen) atoms. The Bertz CT molecular complexity index is 1300. The summed E-state index contributed by atoms with van der Waals surface area (Å²) in [6.07, 6.45) is 1.81. The van der Waals surface area contributed by atoms with Crippen LogP contribution in [0.3, 0.4) is 0 Å². The van der Waals surface area contributed by atoms with E-state index in [0.717, 1.165) is 38.5 Å². The molecule has 0 amide bonds. The van der Waals surface area contributed by atoms with E-state index in [0.29, 0.717) is 5.11 Å². The number of nitrogens with one attached hydrogen (secondary N) is 1. The van der Waals surface area contributed by atoms with Gasteiger partial charge in [0.1, 0.15) is 5.82 Å². The topological polar surface area (TPSA) is 33.1 Å². The van der Waals surface area contributed by atoms with Crippen LogP contribution in [-0.4, -0.2) is 14.7 Å². The van der Waals surface area contributed by atoms with Crippen molar-refractivity contribution in [1.29, 1.82) is 0 Å². The van der Waals surface area contributed by atoms with E-state index < -0.39 is 0 Å². The second kappa shape index (κ2) is 8.72. The normalized spacial score (nSPS) is 17.9. The van der Waals surface area contributed by atoms with Crippen LogP contribution in [0.2, 0.25) is 0 Å². The van der Waals surface area contributed by atoms with Crippen LogP contribution in [0.15, 0.2) is 83.5 Å². The summed E-state index contributed by atoms with van der Waals surface area (Å²) in [5.41, 5.74) is 6.15. The average Bonchev–Trinajstić information content (AvgIpc) is 3.31. The summed E-state index contributed by atoms with van der Waals surface area (Å²) in [6, 6.07) is 22.7. The van der Waals surface area contributed by atoms with Crippen molar-refractivity contribution in [3.63, 3.8) is 0 Å². The SMILES string of the molecule is Cc1cc([C@H]2[C@H](c3ccccn3)NC(=S)N2c2ccc(Br)cc2)c(C)n1-c1ccc(F)cc1. The minimum atomic E-state index is -0.247. The Balaban J connectivity index is 1.67. The van der Waals surface area contributed by atoms with Crippen molar-refractivity contribution in [3.8, 4) is 5.69 Å². The first-order chi connectivity index (χ1) is 15.9. The van der Waals surface area contributed by atoms with Crippen LogP contribution in [0.4, 0.5) is 10.1 Å². The van der Waals surface area contributed by atoms with E-state index in [1.54, 1.807) is 18.3 Å². The molecule has 0 aliphatic carbocycles. The molecule has 1 fully saturated rings. The second-order valence-electron chi connectivity index (χ2n) is 8.11. The van der Waals surface area contributed by atoms with Gasteiger partial charge in [-0.3, -0.25) is 4.98 Å². The maximum absolute atomic E-state index is 13.6. The predicted octanol–water partition coefficient (Wildman–Crippen LogP) is 6.57. The first-order valence-electron chi connectivity index (χ1n) is 10.6. The number of hydrogen-bond donors (Lipinski definition) is 1. The molecule has 4 aromatic rings. The zero-order valence-electron chi connectivity index (χ0n) is 18.2. The van der Waals surface area contributed by atoms with Gasteiger partial charge < -0.3 is 14.8 Å². The fourth-order valence-corrected chi connectivity index (χ4v) is 5.24. The smallest absolute Gasteiger partial charge is 0.174 e. The van der Waals surface area contributed by atoms with Gasteiger partial charge in [0, 0.05) is 33.4 Å². The van der Waals surface area contributed by atoms with Crippen LogP contribution in [0.25, 0.3) is 5.69 Å². The number of aryl methyl sites for hydroxylation is 1. The number of halogens is 2. The third-order valence-electron chi connectivity index (χ3n) is 6.08. The van der Waals surface area contributed by atoms with Gasteiger partial charge in [-0.1, -0.05) is 22.0 Å². The fourth-order valence-electron chi connectivity index (χ4n) is 4.63. The molecule has 5 rings (SSSR count). The molecule has 0 bridgehead atoms. The van der Waals surface area contributed by atoms with Crippen molar-refractivity contribution < 1.29 is 4.39 Å². The summed E-state index contributed by atoms with van der Waals surface area (Å²) < 4.78 is 16.7. The molecule has 4 nitrogen and oxygen atoms in total. The van der Waals surface area contributed by atoms with Crippen molar-refractivity contribution in [1.82, 2.24) is 14.9 Å². The van der Waals surface area contributed by atoms with E-state index >= 15 is 0 Å². The average molecular weight is 521 g/mol. The van der Waals surface area contributed by atoms with Crippen LogP contribution < -0.4 is 10.2 Å². The maximum atomic E-state index is 13.6. The highest BCUT2D eigenvalue weighted by molar-refractivity contribution is 9.10. The number of rotatable bonds is 4. The van der Waals surface area contributed by atoms with Gasteiger partial charge in [0.15, 0.2) is 5.11 Å². The highest BCUT2D eigenvalue weighted by Crippen LogP contribution is 2.43. The van der Waals surface area contributed by atoms with Crippen molar-refractivity contribution >= 4 is 38.9 Å². The Hall–Kier alpha value is -3.03. The van der Waals surface area contributed by atoms with E-state index in [9.17, 15) is 4.39 Å². The van der Waals surface area contributed by atoms with Crippen LogP contribution in [-0.2, 0) is 0 Å². The highest BCUT2D eigenvalue weighted by Gasteiger charge is 2.42. The molecule has 0 saturated carbocycles. The maximum Gasteiger partial charge on any atom is 0.174 e. The van der Waals surface area contributed by atoms with Gasteiger partial charge in [0.25, 0.3) is 0 Å². The number of aromatic nitrogens is 2. The molecule has 2 aromatic heterocycles. The Morgan fingerprint density at radius 3 is 2.33 bits per heavy atom. The van der Waals surface area contributed by atoms with Gasteiger partial charge >= 0.3 is 0 Å². The van der Waals surface area contributed by atoms with Crippen molar-refractivity contribution in [2.24, 2.45) is 0 Å². The quantitative estimate of drug-likeness (QED) is 0.308. The number of benzene rings is 2. The number of anilines is 1. The number of thiocarbonyl (C=S) groups is 1. The third-order valence-corrected chi connectivity index (χ3v) is 6.92. The molecule has 7 heteroatoms. The predicted molar refractivity (Wildman–Crippen MR) is 137 cm³/mol. The highest BCUT2D eigenvalue weighted by atomic mass is 79.9. The zero-order chi connectivity index (χ0) is 23.1. The summed E-state index contributed by atoms with van der Waals surface area (Å²) in [5.74, 6) is -0.247. The molecule has 1 aliphatic rings. The third kappa shape index (κ3) is 3.96. The molecule has 0 unspecified atom stereocenters. The Kier molecular flexibility index (Phi) is 5.76. The van der Waals surface area contributed by atoms with Crippen LogP contribution >= 0.6 is 28.1 Å². The Morgan fingerprint density at radius 2 is 1.67 bits per heavy atom. The van der Waals surface area contributed by atoms with E-state index in [4.69, 9.17) is 12.2 Å². The molecule has 2 atom stereocenters. The van der Waals surface area contributed by atoms with E-state index in [-0.39, 0.29) is 17.9 Å². The van der Waals surface area contributed by atoms with E-state index in [1.807, 2.05) is 30.3 Å². The van der Waals surface area contributed by atoms with Crippen LogP contribution in [0, 0.1) is 19.7 Å². The lowest BCUT2D eigenvalue weighted by Crippen LogP contribution is -2.29. The summed E-state index contributed by atoms with van der Waals surface area (Å²) in [5, 5.41) is 4.17. The minimum Gasteiger partial charge on any atom is -0.351 e. The minimum absolute atomic E-state index is 0.103. The number of nitrogens with zero attached hydrogens (tertiary/aromatic N) is 3. The lowest BCUT2D eigenvalue weighted by molar-refractivity contribution is 0.565. The van der Waals surface area contributed by atoms with Gasteiger partial charge in [-0.05, 0) is 98.4 Å². The van der Waals surface area contributed by atoms with Gasteiger partial charge in [0.05, 0.1) is 17.8 Å². The van der Waals surface area contributed by atoms with Gasteiger partial charge in [-0.15, -0.1) is 0 Å². The largest absolute Gasteiger partial charge is 0.351 e. The van der Waals surface area contributed by atoms with Gasteiger partial charge in [-0.2, -0.15) is 0 Å². The first kappa shape index (κ1) is 21.8. The molecule has 1 aliphatic heterocycles. The van der Waals surface area contributed by atoms with Crippen LogP contribution in [0.1, 0.15) is 34.7 Å². The van der Waals surface area contributed by atoms with Crippen LogP contribution in [0.5, 0.6) is 0 Å². The standard InChI is InChI=1S/C26H22BrFN4S/c1-16-15-22(17(2)31(16)20-12-8-19(28)9-13-20)25-24(23-5-3-4-14-29-23)30-26(33)32(25)21-10-6-18(27)7-11-21/h3-15,24-25H,1-2H3,(H,30,33)/t24-,25-/m0/s1. The van der Waals surface area contributed by atoms with Crippen molar-refractivity contribution in [2.45, 2.75) is 25.9 Å². The molecule has 1 saturated heterocycles. The van der Waals surface area contributed by atoms with Gasteiger partial charge in [-0.25, -0.2) is 4.39 Å². The molecule has 2 aromatic carbocycles. The zero-order valence-corrected chi connectivity index (χ0v) is 20.6. The van der Waals surface area contributed by atoms with E-state index in [1.165, 1.54) is 12.1 Å². The van der Waals surface area contributed by atoms with Crippen molar-refractivity contribution in [2.75, 3.05) is 4.90 Å². The van der Waals surface area contributed by atoms with Gasteiger partial charge in [0.2, 0.25) is 0 Å². The summed E-state index contributed by atoms with van der Waals surface area (Å²) in [4.78, 5) is 6.80. The molecule has 0 spiro atoms. The molecule has 3 heterocycles. The molecule has 0 radical (unpaired) electrons. The van der Waals surface area contributed by atoms with E-state index in [2.05, 4.69) is 67.7 Å². The number of pyridine rings is 1. The molecular weight excluding hydrogens is 499 g/mol. The monoisotopic (exact) mass is 520 g/mol. The summed E-state index contributed by atoms with van der Waals surface area (Å²) in [6.45, 7) is 4.17. The molecular formula is C26H22BrFN4S. The Morgan fingerprint density at radius 1 is 0.970 bits per heavy atom.